The molecule has 0 atom stereocenters. The van der Waals surface area contributed by atoms with Crippen LogP contribution in [0, 0.1) is 5.41 Å². The topological polar surface area (TPSA) is 108 Å². The summed E-state index contributed by atoms with van der Waals surface area (Å²) >= 11 is 0. The molecule has 55 heavy (non-hydrogen) atoms. The van der Waals surface area contributed by atoms with Crippen LogP contribution in [0.2, 0.25) is 0 Å². The average Bonchev–Trinajstić information content (AvgIpc) is 3.83. The second-order valence-electron chi connectivity index (χ2n) is 14.7. The molecular weight excluding hydrogens is 685 g/mol. The first kappa shape index (κ1) is 37.1. The van der Waals surface area contributed by atoms with Gasteiger partial charge in [-0.1, -0.05) is 146 Å². The van der Waals surface area contributed by atoms with E-state index in [0.717, 1.165) is 56.9 Å². The van der Waals surface area contributed by atoms with Gasteiger partial charge in [-0.05, 0) is 71.0 Å². The van der Waals surface area contributed by atoms with Crippen LogP contribution < -0.4 is 0 Å². The maximum atomic E-state index is 12.6. The molecule has 9 heteroatoms. The third kappa shape index (κ3) is 7.35. The minimum Gasteiger partial charge on any atom is -0.443 e. The van der Waals surface area contributed by atoms with Crippen LogP contribution in [-0.2, 0) is 41.2 Å². The predicted octanol–water partition coefficient (Wildman–Crippen LogP) is 8.63. The second-order valence-corrected chi connectivity index (χ2v) is 14.7. The molecule has 9 nitrogen and oxygen atoms in total. The average molecular weight is 731 g/mol. The van der Waals surface area contributed by atoms with Crippen LogP contribution in [0.5, 0.6) is 0 Å². The number of aliphatic hydroxyl groups excluding tert-OH is 1. The van der Waals surface area contributed by atoms with E-state index in [-0.39, 0.29) is 19.3 Å². The van der Waals surface area contributed by atoms with Gasteiger partial charge in [0.05, 0.1) is 23.4 Å². The quantitative estimate of drug-likeness (QED) is 0.0935. The van der Waals surface area contributed by atoms with Crippen LogP contribution in [0.1, 0.15) is 73.6 Å². The van der Waals surface area contributed by atoms with Crippen molar-refractivity contribution in [1.29, 1.82) is 0 Å². The minimum atomic E-state index is -0.880. The Bertz CT molecular complexity index is 2250. The van der Waals surface area contributed by atoms with Crippen molar-refractivity contribution in [2.24, 2.45) is 5.41 Å². The minimum absolute atomic E-state index is 0.0175. The summed E-state index contributed by atoms with van der Waals surface area (Å²) in [6.07, 6.45) is 2.09. The fraction of sp³-hybridized carbons (Fsp3) is 0.239. The van der Waals surface area contributed by atoms with Crippen LogP contribution in [0.3, 0.4) is 0 Å². The van der Waals surface area contributed by atoms with Gasteiger partial charge in [0.15, 0.2) is 12.6 Å². The second kappa shape index (κ2) is 16.0. The summed E-state index contributed by atoms with van der Waals surface area (Å²) in [7, 11) is 0. The zero-order valence-corrected chi connectivity index (χ0v) is 31.8. The Morgan fingerprint density at radius 2 is 1.27 bits per heavy atom. The monoisotopic (exact) mass is 730 g/mol. The van der Waals surface area contributed by atoms with Gasteiger partial charge in [-0.2, -0.15) is 0 Å². The molecule has 0 saturated heterocycles. The molecule has 0 aliphatic carbocycles. The number of aliphatic hydroxyl groups is 1. The maximum absolute atomic E-state index is 12.6. The highest BCUT2D eigenvalue weighted by Crippen LogP contribution is 2.43. The molecule has 0 amide bonds. The molecule has 0 bridgehead atoms. The van der Waals surface area contributed by atoms with Crippen molar-refractivity contribution in [1.82, 2.24) is 29.8 Å². The Balaban J connectivity index is 1.27. The summed E-state index contributed by atoms with van der Waals surface area (Å²) in [6.45, 7) is 7.36. The molecule has 2 aromatic heterocycles. The molecule has 0 fully saturated rings. The van der Waals surface area contributed by atoms with E-state index < -0.39 is 11.0 Å². The summed E-state index contributed by atoms with van der Waals surface area (Å²) in [5.41, 5.74) is 6.93. The van der Waals surface area contributed by atoms with Gasteiger partial charge in [-0.3, -0.25) is 9.36 Å². The van der Waals surface area contributed by atoms with Gasteiger partial charge >= 0.3 is 5.97 Å². The van der Waals surface area contributed by atoms with Crippen molar-refractivity contribution >= 4 is 5.97 Å². The normalized spacial score (nSPS) is 11.8. The van der Waals surface area contributed by atoms with Crippen LogP contribution >= 0.6 is 0 Å². The molecule has 0 aliphatic rings. The number of carbonyl (C=O) groups is 1. The number of rotatable bonds is 13. The summed E-state index contributed by atoms with van der Waals surface area (Å²) in [4.78, 5) is 17.5. The van der Waals surface area contributed by atoms with Gasteiger partial charge in [0.2, 0.25) is 0 Å². The van der Waals surface area contributed by atoms with Gasteiger partial charge in [0, 0.05) is 18.4 Å². The molecule has 5 aromatic carbocycles. The number of esters is 1. The fourth-order valence-corrected chi connectivity index (χ4v) is 7.23. The molecule has 7 rings (SSSR count). The highest BCUT2D eigenvalue weighted by molar-refractivity contribution is 5.81. The van der Waals surface area contributed by atoms with Gasteiger partial charge < -0.3 is 9.84 Å². The lowest BCUT2D eigenvalue weighted by atomic mass is 9.77. The van der Waals surface area contributed by atoms with Crippen LogP contribution in [0.4, 0.5) is 0 Å². The van der Waals surface area contributed by atoms with Gasteiger partial charge in [0.25, 0.3) is 0 Å². The number of hydrogen-bond acceptors (Lipinski definition) is 7. The van der Waals surface area contributed by atoms with E-state index in [2.05, 4.69) is 121 Å². The standard InChI is InChI=1S/C46H46N6O3/c1-5-17-42-47-40(41(31-53)51(42)32-55-44(54)45(2,3)4)30-33-26-28-34(29-27-33)38-24-15-16-25-39(38)43-48-49-50-52(43)46(35-18-9-6-10-19-35,36-20-11-7-12-21-36)37-22-13-8-14-23-37/h6-16,18-29,53H,5,17,30-32H2,1-4H3. The first-order valence-electron chi connectivity index (χ1n) is 18.7. The van der Waals surface area contributed by atoms with E-state index in [9.17, 15) is 9.90 Å². The van der Waals surface area contributed by atoms with Crippen molar-refractivity contribution in [3.05, 3.63) is 179 Å². The van der Waals surface area contributed by atoms with Crippen LogP contribution in [0.25, 0.3) is 22.5 Å². The summed E-state index contributed by atoms with van der Waals surface area (Å²) in [5, 5.41) is 24.3. The van der Waals surface area contributed by atoms with Crippen molar-refractivity contribution in [2.45, 2.75) is 65.8 Å². The summed E-state index contributed by atoms with van der Waals surface area (Å²) < 4.78 is 9.46. The number of carbonyl (C=O) groups excluding carboxylic acids is 1. The van der Waals surface area contributed by atoms with E-state index in [1.54, 1.807) is 0 Å². The van der Waals surface area contributed by atoms with E-state index in [1.165, 1.54) is 0 Å². The van der Waals surface area contributed by atoms with Crippen molar-refractivity contribution in [2.75, 3.05) is 0 Å². The number of ether oxygens (including phenoxy) is 1. The van der Waals surface area contributed by atoms with E-state index in [1.807, 2.05) is 60.4 Å². The summed E-state index contributed by atoms with van der Waals surface area (Å²) in [5.74, 6) is 1.12. The lowest BCUT2D eigenvalue weighted by Gasteiger charge is -2.36. The van der Waals surface area contributed by atoms with Gasteiger partial charge in [0.1, 0.15) is 11.4 Å². The summed E-state index contributed by atoms with van der Waals surface area (Å²) in [6, 6.07) is 47.8. The molecule has 1 N–H and O–H groups in total. The SMILES string of the molecule is CCCc1nc(Cc2ccc(-c3ccccc3-c3nnnn3C(c3ccccc3)(c3ccccc3)c3ccccc3)cc2)c(CO)n1COC(=O)C(C)(C)C. The molecular formula is C46H46N6O3. The first-order chi connectivity index (χ1) is 26.7. The predicted molar refractivity (Wildman–Crippen MR) is 214 cm³/mol. The maximum Gasteiger partial charge on any atom is 0.312 e. The zero-order chi connectivity index (χ0) is 38.4. The molecule has 0 saturated carbocycles. The van der Waals surface area contributed by atoms with E-state index in [0.29, 0.717) is 24.4 Å². The number of tetrazole rings is 1. The van der Waals surface area contributed by atoms with Crippen molar-refractivity contribution < 1.29 is 14.6 Å². The Morgan fingerprint density at radius 1 is 0.727 bits per heavy atom. The number of benzene rings is 5. The molecule has 0 spiro atoms. The third-order valence-electron chi connectivity index (χ3n) is 9.96. The van der Waals surface area contributed by atoms with E-state index in [4.69, 9.17) is 20.0 Å². The zero-order valence-electron chi connectivity index (χ0n) is 31.8. The lowest BCUT2D eigenvalue weighted by Crippen LogP contribution is -2.39. The Hall–Kier alpha value is -6.19. The molecule has 0 unspecified atom stereocenters. The first-order valence-corrected chi connectivity index (χ1v) is 18.7. The fourth-order valence-electron chi connectivity index (χ4n) is 7.23. The number of hydrogen-bond donors (Lipinski definition) is 1. The molecule has 7 aromatic rings. The lowest BCUT2D eigenvalue weighted by molar-refractivity contribution is -0.157. The van der Waals surface area contributed by atoms with Crippen molar-refractivity contribution in [3.63, 3.8) is 0 Å². The third-order valence-corrected chi connectivity index (χ3v) is 9.96. The molecule has 0 radical (unpaired) electrons. The number of aromatic nitrogens is 6. The Kier molecular flexibility index (Phi) is 10.8. The highest BCUT2D eigenvalue weighted by Gasteiger charge is 2.42. The molecule has 0 aliphatic heterocycles. The number of imidazole rings is 1. The number of nitrogens with zero attached hydrogens (tertiary/aromatic N) is 6. The largest absolute Gasteiger partial charge is 0.443 e. The van der Waals surface area contributed by atoms with E-state index >= 15 is 0 Å². The Morgan fingerprint density at radius 3 is 1.80 bits per heavy atom. The van der Waals surface area contributed by atoms with Crippen LogP contribution in [-0.4, -0.2) is 40.8 Å². The number of aryl methyl sites for hydroxylation is 1. The smallest absolute Gasteiger partial charge is 0.312 e. The molecule has 278 valence electrons. The Labute approximate surface area is 322 Å². The molecule has 2 heterocycles. The van der Waals surface area contributed by atoms with Gasteiger partial charge in [-0.15, -0.1) is 5.10 Å². The van der Waals surface area contributed by atoms with Crippen molar-refractivity contribution in [3.8, 4) is 22.5 Å². The highest BCUT2D eigenvalue weighted by atomic mass is 16.5. The van der Waals surface area contributed by atoms with Gasteiger partial charge in [-0.25, -0.2) is 9.67 Å². The van der Waals surface area contributed by atoms with Crippen LogP contribution in [0.15, 0.2) is 140 Å².